The van der Waals surface area contributed by atoms with Crippen LogP contribution in [0.25, 0.3) is 0 Å². The zero-order valence-corrected chi connectivity index (χ0v) is 11.2. The molecule has 3 N–H and O–H groups in total. The predicted octanol–water partition coefficient (Wildman–Crippen LogP) is 1.99. The van der Waals surface area contributed by atoms with Crippen molar-refractivity contribution in [3.05, 3.63) is 29.6 Å². The highest BCUT2D eigenvalue weighted by molar-refractivity contribution is 5.98. The van der Waals surface area contributed by atoms with E-state index in [1.807, 2.05) is 6.92 Å². The molecule has 1 aliphatic rings. The van der Waals surface area contributed by atoms with Crippen LogP contribution in [0.3, 0.4) is 0 Å². The second-order valence-corrected chi connectivity index (χ2v) is 4.92. The van der Waals surface area contributed by atoms with Crippen molar-refractivity contribution in [2.24, 2.45) is 0 Å². The van der Waals surface area contributed by atoms with E-state index < -0.39 is 22.9 Å². The van der Waals surface area contributed by atoms with Gasteiger partial charge < -0.3 is 15.7 Å². The van der Waals surface area contributed by atoms with Crippen molar-refractivity contribution in [1.29, 1.82) is 0 Å². The number of carboxylic acids is 1. The Morgan fingerprint density at radius 2 is 2.25 bits per heavy atom. The van der Waals surface area contributed by atoms with E-state index in [1.54, 1.807) is 0 Å². The Morgan fingerprint density at radius 1 is 1.50 bits per heavy atom. The molecule has 2 rings (SSSR count). The zero-order chi connectivity index (χ0) is 14.8. The van der Waals surface area contributed by atoms with Crippen molar-refractivity contribution in [1.82, 2.24) is 5.32 Å². The number of hydrogen-bond acceptors (Lipinski definition) is 3. The van der Waals surface area contributed by atoms with Gasteiger partial charge in [-0.2, -0.15) is 0 Å². The Bertz CT molecular complexity index is 539. The summed E-state index contributed by atoms with van der Waals surface area (Å²) in [5.74, 6) is -2.40. The second kappa shape index (κ2) is 5.58. The highest BCUT2D eigenvalue weighted by Crippen LogP contribution is 2.25. The van der Waals surface area contributed by atoms with Gasteiger partial charge >= 0.3 is 5.97 Å². The van der Waals surface area contributed by atoms with Crippen molar-refractivity contribution < 1.29 is 19.1 Å². The number of carbonyl (C=O) groups excluding carboxylic acids is 1. The van der Waals surface area contributed by atoms with Gasteiger partial charge in [0.15, 0.2) is 0 Å². The maximum absolute atomic E-state index is 13.6. The van der Waals surface area contributed by atoms with E-state index in [0.29, 0.717) is 6.42 Å². The molecule has 1 aromatic carbocycles. The summed E-state index contributed by atoms with van der Waals surface area (Å²) in [6.07, 6.45) is 2.31. The van der Waals surface area contributed by atoms with E-state index in [-0.39, 0.29) is 11.6 Å². The average molecular weight is 280 g/mol. The van der Waals surface area contributed by atoms with Crippen molar-refractivity contribution >= 4 is 17.6 Å². The summed E-state index contributed by atoms with van der Waals surface area (Å²) >= 11 is 0. The average Bonchev–Trinajstić information content (AvgIpc) is 2.88. The van der Waals surface area contributed by atoms with Gasteiger partial charge in [0.2, 0.25) is 5.91 Å². The van der Waals surface area contributed by atoms with Crippen LogP contribution in [0, 0.1) is 5.82 Å². The van der Waals surface area contributed by atoms with Crippen molar-refractivity contribution in [2.45, 2.75) is 31.7 Å². The summed E-state index contributed by atoms with van der Waals surface area (Å²) in [5, 5.41) is 14.6. The van der Waals surface area contributed by atoms with Crippen molar-refractivity contribution in [2.75, 3.05) is 11.9 Å². The first kappa shape index (κ1) is 14.5. The number of hydrogen-bond donors (Lipinski definition) is 3. The SMILES string of the molecule is CCC1(C(=O)Nc2ccc(C(=O)O)c(F)c2)CCCN1. The van der Waals surface area contributed by atoms with Gasteiger partial charge in [0.05, 0.1) is 11.1 Å². The molecule has 1 heterocycles. The molecular weight excluding hydrogens is 263 g/mol. The quantitative estimate of drug-likeness (QED) is 0.788. The van der Waals surface area contributed by atoms with Crippen LogP contribution >= 0.6 is 0 Å². The molecule has 0 saturated carbocycles. The van der Waals surface area contributed by atoms with E-state index in [1.165, 1.54) is 6.07 Å². The molecule has 1 unspecified atom stereocenters. The topological polar surface area (TPSA) is 78.4 Å². The second-order valence-electron chi connectivity index (χ2n) is 4.92. The van der Waals surface area contributed by atoms with Gasteiger partial charge in [-0.15, -0.1) is 0 Å². The number of anilines is 1. The minimum atomic E-state index is -1.33. The molecule has 1 amide bonds. The number of aromatic carboxylic acids is 1. The number of amides is 1. The van der Waals surface area contributed by atoms with Gasteiger partial charge in [-0.05, 0) is 44.0 Å². The standard InChI is InChI=1S/C14H17FN2O3/c1-2-14(6-3-7-16-14)13(20)17-9-4-5-10(12(18)19)11(15)8-9/h4-5,8,16H,2-3,6-7H2,1H3,(H,17,20)(H,18,19). The Balaban J connectivity index is 2.16. The van der Waals surface area contributed by atoms with Crippen molar-refractivity contribution in [3.8, 4) is 0 Å². The lowest BCUT2D eigenvalue weighted by Crippen LogP contribution is -2.50. The largest absolute Gasteiger partial charge is 0.478 e. The highest BCUT2D eigenvalue weighted by atomic mass is 19.1. The molecule has 5 nitrogen and oxygen atoms in total. The molecule has 0 bridgehead atoms. The van der Waals surface area contributed by atoms with Crippen LogP contribution < -0.4 is 10.6 Å². The van der Waals surface area contributed by atoms with Crippen LogP contribution in [-0.4, -0.2) is 29.1 Å². The Morgan fingerprint density at radius 3 is 2.75 bits per heavy atom. The summed E-state index contributed by atoms with van der Waals surface area (Å²) in [7, 11) is 0. The molecule has 0 spiro atoms. The number of nitrogens with one attached hydrogen (secondary N) is 2. The number of carboxylic acid groups (broad SMARTS) is 1. The highest BCUT2D eigenvalue weighted by Gasteiger charge is 2.39. The van der Waals surface area contributed by atoms with E-state index in [4.69, 9.17) is 5.11 Å². The van der Waals surface area contributed by atoms with E-state index in [0.717, 1.165) is 31.5 Å². The molecule has 1 aliphatic heterocycles. The van der Waals surface area contributed by atoms with Gasteiger partial charge in [0, 0.05) is 5.69 Å². The molecule has 1 atom stereocenters. The molecule has 0 aliphatic carbocycles. The maximum Gasteiger partial charge on any atom is 0.338 e. The van der Waals surface area contributed by atoms with E-state index in [9.17, 15) is 14.0 Å². The van der Waals surface area contributed by atoms with Crippen LogP contribution in [0.2, 0.25) is 0 Å². The fraction of sp³-hybridized carbons (Fsp3) is 0.429. The summed E-state index contributed by atoms with van der Waals surface area (Å²) in [6, 6.07) is 3.57. The number of halogens is 1. The molecule has 0 aromatic heterocycles. The maximum atomic E-state index is 13.6. The Kier molecular flexibility index (Phi) is 4.04. The number of benzene rings is 1. The normalized spacial score (nSPS) is 21.7. The van der Waals surface area contributed by atoms with Crippen LogP contribution in [0.5, 0.6) is 0 Å². The molecule has 0 radical (unpaired) electrons. The summed E-state index contributed by atoms with van der Waals surface area (Å²) in [6.45, 7) is 2.71. The Hall–Kier alpha value is -1.95. The molecule has 108 valence electrons. The third kappa shape index (κ3) is 2.65. The fourth-order valence-corrected chi connectivity index (χ4v) is 2.48. The third-order valence-corrected chi connectivity index (χ3v) is 3.74. The predicted molar refractivity (Wildman–Crippen MR) is 72.2 cm³/mol. The van der Waals surface area contributed by atoms with Crippen LogP contribution in [0.4, 0.5) is 10.1 Å². The summed E-state index contributed by atoms with van der Waals surface area (Å²) < 4.78 is 13.6. The lowest BCUT2D eigenvalue weighted by molar-refractivity contribution is -0.122. The van der Waals surface area contributed by atoms with Crippen LogP contribution in [-0.2, 0) is 4.79 Å². The van der Waals surface area contributed by atoms with Gasteiger partial charge in [0.25, 0.3) is 0 Å². The van der Waals surface area contributed by atoms with Gasteiger partial charge in [-0.1, -0.05) is 6.92 Å². The van der Waals surface area contributed by atoms with Crippen LogP contribution in [0.15, 0.2) is 18.2 Å². The molecule has 1 aromatic rings. The lowest BCUT2D eigenvalue weighted by Gasteiger charge is -2.26. The van der Waals surface area contributed by atoms with E-state index in [2.05, 4.69) is 10.6 Å². The molecule has 20 heavy (non-hydrogen) atoms. The Labute approximate surface area is 116 Å². The first-order valence-corrected chi connectivity index (χ1v) is 6.58. The summed E-state index contributed by atoms with van der Waals surface area (Å²) in [5.41, 5.74) is -0.756. The smallest absolute Gasteiger partial charge is 0.338 e. The van der Waals surface area contributed by atoms with Gasteiger partial charge in [-0.25, -0.2) is 9.18 Å². The molecule has 1 fully saturated rings. The molecular formula is C14H17FN2O3. The minimum absolute atomic E-state index is 0.208. The minimum Gasteiger partial charge on any atom is -0.478 e. The summed E-state index contributed by atoms with van der Waals surface area (Å²) in [4.78, 5) is 23.0. The third-order valence-electron chi connectivity index (χ3n) is 3.74. The van der Waals surface area contributed by atoms with Crippen molar-refractivity contribution in [3.63, 3.8) is 0 Å². The first-order valence-electron chi connectivity index (χ1n) is 6.58. The first-order chi connectivity index (χ1) is 9.48. The van der Waals surface area contributed by atoms with Gasteiger partial charge in [-0.3, -0.25) is 4.79 Å². The zero-order valence-electron chi connectivity index (χ0n) is 11.2. The molecule has 1 saturated heterocycles. The lowest BCUT2D eigenvalue weighted by atomic mass is 9.93. The fourth-order valence-electron chi connectivity index (χ4n) is 2.48. The monoisotopic (exact) mass is 280 g/mol. The number of carbonyl (C=O) groups is 2. The molecule has 6 heteroatoms. The number of rotatable bonds is 4. The van der Waals surface area contributed by atoms with Gasteiger partial charge in [0.1, 0.15) is 5.82 Å². The van der Waals surface area contributed by atoms with E-state index >= 15 is 0 Å². The van der Waals surface area contributed by atoms with Crippen LogP contribution in [0.1, 0.15) is 36.5 Å².